The Kier molecular flexibility index (Phi) is 7.06. The molecule has 2 unspecified atom stereocenters. The van der Waals surface area contributed by atoms with Crippen molar-refractivity contribution in [1.29, 1.82) is 0 Å². The van der Waals surface area contributed by atoms with Crippen molar-refractivity contribution in [1.82, 2.24) is 10.2 Å². The molecule has 0 saturated carbocycles. The van der Waals surface area contributed by atoms with Gasteiger partial charge in [0.05, 0.1) is 24.8 Å². The summed E-state index contributed by atoms with van der Waals surface area (Å²) in [5.74, 6) is 0.0704. The highest BCUT2D eigenvalue weighted by atomic mass is 19.4. The Morgan fingerprint density at radius 1 is 1.15 bits per heavy atom. The Balaban J connectivity index is 2.14. The molecule has 4 nitrogen and oxygen atoms in total. The van der Waals surface area contributed by atoms with E-state index in [9.17, 15) is 18.0 Å². The molecule has 1 aromatic rings. The maximum atomic E-state index is 12.8. The van der Waals surface area contributed by atoms with E-state index >= 15 is 0 Å². The molecule has 1 aliphatic heterocycles. The molecule has 26 heavy (non-hydrogen) atoms. The Morgan fingerprint density at radius 2 is 1.73 bits per heavy atom. The highest BCUT2D eigenvalue weighted by Gasteiger charge is 2.31. The maximum Gasteiger partial charge on any atom is 0.416 e. The minimum absolute atomic E-state index is 0.0369. The number of ether oxygens (including phenoxy) is 1. The number of rotatable bonds is 6. The molecular weight excluding hydrogens is 345 g/mol. The lowest BCUT2D eigenvalue weighted by Crippen LogP contribution is -2.44. The number of benzene rings is 1. The smallest absolute Gasteiger partial charge is 0.379 e. The Hall–Kier alpha value is -1.60. The average molecular weight is 372 g/mol. The van der Waals surface area contributed by atoms with E-state index in [4.69, 9.17) is 4.74 Å². The van der Waals surface area contributed by atoms with Crippen molar-refractivity contribution in [2.45, 2.75) is 33.0 Å². The predicted molar refractivity (Wildman–Crippen MR) is 93.6 cm³/mol. The first-order valence-electron chi connectivity index (χ1n) is 8.96. The summed E-state index contributed by atoms with van der Waals surface area (Å²) in [6.07, 6.45) is -4.35. The van der Waals surface area contributed by atoms with Gasteiger partial charge in [-0.25, -0.2) is 0 Å². The van der Waals surface area contributed by atoms with Gasteiger partial charge in [-0.15, -0.1) is 0 Å². The highest BCUT2D eigenvalue weighted by molar-refractivity contribution is 5.78. The zero-order chi connectivity index (χ0) is 19.3. The van der Waals surface area contributed by atoms with Crippen molar-refractivity contribution in [3.63, 3.8) is 0 Å². The summed E-state index contributed by atoms with van der Waals surface area (Å²) in [6.45, 7) is 8.73. The van der Waals surface area contributed by atoms with Gasteiger partial charge in [-0.1, -0.05) is 32.9 Å². The Bertz CT molecular complexity index is 581. The van der Waals surface area contributed by atoms with Gasteiger partial charge in [-0.2, -0.15) is 13.2 Å². The number of amides is 1. The number of morpholine rings is 1. The summed E-state index contributed by atoms with van der Waals surface area (Å²) in [4.78, 5) is 14.4. The third kappa shape index (κ3) is 5.45. The molecule has 0 bridgehead atoms. The Morgan fingerprint density at radius 3 is 2.23 bits per heavy atom. The van der Waals surface area contributed by atoms with Crippen LogP contribution in [0.2, 0.25) is 0 Å². The van der Waals surface area contributed by atoms with Crippen LogP contribution >= 0.6 is 0 Å². The van der Waals surface area contributed by atoms with Crippen molar-refractivity contribution in [3.8, 4) is 0 Å². The van der Waals surface area contributed by atoms with Crippen LogP contribution in [-0.2, 0) is 15.7 Å². The van der Waals surface area contributed by atoms with Crippen molar-refractivity contribution in [3.05, 3.63) is 35.4 Å². The highest BCUT2D eigenvalue weighted by Crippen LogP contribution is 2.31. The molecule has 1 aromatic carbocycles. The third-order valence-corrected chi connectivity index (χ3v) is 4.99. The van der Waals surface area contributed by atoms with Gasteiger partial charge in [0.2, 0.25) is 5.91 Å². The number of nitrogens with one attached hydrogen (secondary N) is 1. The molecule has 7 heteroatoms. The van der Waals surface area contributed by atoms with Crippen molar-refractivity contribution < 1.29 is 22.7 Å². The van der Waals surface area contributed by atoms with E-state index in [0.717, 1.165) is 17.7 Å². The zero-order valence-corrected chi connectivity index (χ0v) is 15.5. The standard InChI is InChI=1S/C19H27F3N2O2/c1-13(2)14(3)18(25)23-12-17(24-8-10-26-11-9-24)15-4-6-16(7-5-15)19(20,21)22/h4-7,13-14,17H,8-12H2,1-3H3,(H,23,25). The van der Waals surface area contributed by atoms with Crippen LogP contribution in [0.25, 0.3) is 0 Å². The van der Waals surface area contributed by atoms with E-state index < -0.39 is 11.7 Å². The van der Waals surface area contributed by atoms with Gasteiger partial charge < -0.3 is 10.1 Å². The fraction of sp³-hybridized carbons (Fsp3) is 0.632. The van der Waals surface area contributed by atoms with Gasteiger partial charge >= 0.3 is 6.18 Å². The predicted octanol–water partition coefficient (Wildman–Crippen LogP) is 3.49. The minimum Gasteiger partial charge on any atom is -0.379 e. The minimum atomic E-state index is -4.35. The van der Waals surface area contributed by atoms with E-state index in [1.54, 1.807) is 0 Å². The first-order chi connectivity index (χ1) is 12.2. The van der Waals surface area contributed by atoms with Gasteiger partial charge in [0.15, 0.2) is 0 Å². The zero-order valence-electron chi connectivity index (χ0n) is 15.5. The number of halogens is 3. The molecule has 0 radical (unpaired) electrons. The van der Waals surface area contributed by atoms with Gasteiger partial charge in [0, 0.05) is 25.6 Å². The molecule has 1 aliphatic rings. The van der Waals surface area contributed by atoms with Crippen LogP contribution in [0.5, 0.6) is 0 Å². The molecule has 1 saturated heterocycles. The molecule has 0 aromatic heterocycles. The second-order valence-electron chi connectivity index (χ2n) is 7.06. The number of carbonyl (C=O) groups is 1. The average Bonchev–Trinajstić information content (AvgIpc) is 2.61. The maximum absolute atomic E-state index is 12.8. The summed E-state index contributed by atoms with van der Waals surface area (Å²) in [5, 5.41) is 2.96. The lowest BCUT2D eigenvalue weighted by molar-refractivity contribution is -0.137. The lowest BCUT2D eigenvalue weighted by atomic mass is 9.97. The molecule has 0 aliphatic carbocycles. The van der Waals surface area contributed by atoms with Crippen LogP contribution in [-0.4, -0.2) is 43.7 Å². The third-order valence-electron chi connectivity index (χ3n) is 4.99. The molecule has 2 rings (SSSR count). The van der Waals surface area contributed by atoms with E-state index in [1.165, 1.54) is 12.1 Å². The topological polar surface area (TPSA) is 41.6 Å². The summed E-state index contributed by atoms with van der Waals surface area (Å²) in [6, 6.07) is 5.02. The summed E-state index contributed by atoms with van der Waals surface area (Å²) >= 11 is 0. The SMILES string of the molecule is CC(C)C(C)C(=O)NCC(c1ccc(C(F)(F)F)cc1)N1CCOCC1. The summed E-state index contributed by atoms with van der Waals surface area (Å²) < 4.78 is 43.8. The molecular formula is C19H27F3N2O2. The fourth-order valence-corrected chi connectivity index (χ4v) is 2.90. The molecule has 2 atom stereocenters. The van der Waals surface area contributed by atoms with Gasteiger partial charge in [0.1, 0.15) is 0 Å². The number of hydrogen-bond acceptors (Lipinski definition) is 3. The van der Waals surface area contributed by atoms with Crippen molar-refractivity contribution in [2.75, 3.05) is 32.8 Å². The normalized spacial score (nSPS) is 18.6. The molecule has 1 heterocycles. The second kappa shape index (κ2) is 8.86. The number of alkyl halides is 3. The number of hydrogen-bond donors (Lipinski definition) is 1. The van der Waals surface area contributed by atoms with Gasteiger partial charge in [0.25, 0.3) is 0 Å². The lowest BCUT2D eigenvalue weighted by Gasteiger charge is -2.35. The van der Waals surface area contributed by atoms with Crippen LogP contribution in [0.4, 0.5) is 13.2 Å². The van der Waals surface area contributed by atoms with E-state index in [-0.39, 0.29) is 23.8 Å². The van der Waals surface area contributed by atoms with Crippen LogP contribution in [0.15, 0.2) is 24.3 Å². The van der Waals surface area contributed by atoms with Crippen molar-refractivity contribution in [2.24, 2.45) is 11.8 Å². The van der Waals surface area contributed by atoms with Crippen LogP contribution < -0.4 is 5.32 Å². The largest absolute Gasteiger partial charge is 0.416 e. The van der Waals surface area contributed by atoms with E-state index in [2.05, 4.69) is 10.2 Å². The second-order valence-corrected chi connectivity index (χ2v) is 7.06. The fourth-order valence-electron chi connectivity index (χ4n) is 2.90. The van der Waals surface area contributed by atoms with Crippen LogP contribution in [0, 0.1) is 11.8 Å². The molecule has 1 amide bonds. The van der Waals surface area contributed by atoms with Crippen molar-refractivity contribution >= 4 is 5.91 Å². The summed E-state index contributed by atoms with van der Waals surface area (Å²) in [5.41, 5.74) is 0.0943. The quantitative estimate of drug-likeness (QED) is 0.831. The molecule has 1 fully saturated rings. The van der Waals surface area contributed by atoms with Gasteiger partial charge in [-0.05, 0) is 23.6 Å². The van der Waals surface area contributed by atoms with Crippen LogP contribution in [0.1, 0.15) is 37.9 Å². The monoisotopic (exact) mass is 372 g/mol. The van der Waals surface area contributed by atoms with E-state index in [0.29, 0.717) is 32.8 Å². The first-order valence-corrected chi connectivity index (χ1v) is 8.96. The van der Waals surface area contributed by atoms with Crippen LogP contribution in [0.3, 0.4) is 0 Å². The van der Waals surface area contributed by atoms with E-state index in [1.807, 2.05) is 20.8 Å². The number of nitrogens with zero attached hydrogens (tertiary/aromatic N) is 1. The van der Waals surface area contributed by atoms with Gasteiger partial charge in [-0.3, -0.25) is 9.69 Å². The number of carbonyl (C=O) groups excluding carboxylic acids is 1. The molecule has 0 spiro atoms. The molecule has 1 N–H and O–H groups in total. The molecule has 146 valence electrons. The summed E-state index contributed by atoms with van der Waals surface area (Å²) in [7, 11) is 0. The Labute approximate surface area is 152 Å². The first kappa shape index (κ1) is 20.7.